The highest BCUT2D eigenvalue weighted by molar-refractivity contribution is 5.69. The minimum absolute atomic E-state index is 0.0426. The molecule has 6 nitrogen and oxygen atoms in total. The first kappa shape index (κ1) is 16.1. The van der Waals surface area contributed by atoms with Gasteiger partial charge in [-0.15, -0.1) is 0 Å². The van der Waals surface area contributed by atoms with Gasteiger partial charge in [-0.3, -0.25) is 0 Å². The molecule has 1 atom stereocenters. The maximum absolute atomic E-state index is 12.2. The van der Waals surface area contributed by atoms with Crippen LogP contribution < -0.4 is 4.90 Å². The number of hydrogen-bond acceptors (Lipinski definition) is 5. The van der Waals surface area contributed by atoms with Crippen LogP contribution in [-0.4, -0.2) is 47.3 Å². The first-order valence-electron chi connectivity index (χ1n) is 7.41. The lowest BCUT2D eigenvalue weighted by atomic mass is 10.2. The Morgan fingerprint density at radius 1 is 1.41 bits per heavy atom. The number of carbonyl (C=O) groups excluding carboxylic acids is 1. The van der Waals surface area contributed by atoms with Crippen LogP contribution in [0.2, 0.25) is 0 Å². The minimum Gasteiger partial charge on any atom is -0.444 e. The van der Waals surface area contributed by atoms with Gasteiger partial charge >= 0.3 is 6.09 Å². The molecule has 0 N–H and O–H groups in total. The number of rotatable bonds is 1. The summed E-state index contributed by atoms with van der Waals surface area (Å²) in [4.78, 5) is 20.4. The molecule has 1 aromatic rings. The van der Waals surface area contributed by atoms with Crippen LogP contribution in [0.15, 0.2) is 18.3 Å². The van der Waals surface area contributed by atoms with Crippen molar-refractivity contribution < 1.29 is 9.53 Å². The van der Waals surface area contributed by atoms with Crippen LogP contribution in [0.1, 0.15) is 33.3 Å². The largest absolute Gasteiger partial charge is 0.444 e. The Labute approximate surface area is 131 Å². The quantitative estimate of drug-likeness (QED) is 0.796. The van der Waals surface area contributed by atoms with Gasteiger partial charge in [-0.2, -0.15) is 5.26 Å². The van der Waals surface area contributed by atoms with E-state index in [2.05, 4.69) is 16.0 Å². The third kappa shape index (κ3) is 3.88. The van der Waals surface area contributed by atoms with E-state index in [4.69, 9.17) is 10.00 Å². The van der Waals surface area contributed by atoms with Crippen LogP contribution in [0.5, 0.6) is 0 Å². The smallest absolute Gasteiger partial charge is 0.410 e. The Kier molecular flexibility index (Phi) is 4.55. The molecule has 1 fully saturated rings. The first-order valence-corrected chi connectivity index (χ1v) is 7.41. The van der Waals surface area contributed by atoms with Gasteiger partial charge in [0, 0.05) is 31.9 Å². The number of carbonyl (C=O) groups is 1. The summed E-state index contributed by atoms with van der Waals surface area (Å²) in [5, 5.41) is 8.81. The van der Waals surface area contributed by atoms with Gasteiger partial charge in [0.05, 0.1) is 5.56 Å². The molecule has 2 heterocycles. The zero-order valence-electron chi connectivity index (χ0n) is 13.5. The molecule has 1 aromatic heterocycles. The second-order valence-electron chi connectivity index (χ2n) is 6.49. The molecule has 0 saturated carbocycles. The van der Waals surface area contributed by atoms with Gasteiger partial charge in [0.1, 0.15) is 17.5 Å². The van der Waals surface area contributed by atoms with E-state index in [9.17, 15) is 4.79 Å². The average Bonchev–Trinajstić information content (AvgIpc) is 2.45. The molecule has 0 aliphatic carbocycles. The molecular formula is C16H22N4O2. The number of pyridine rings is 1. The molecule has 0 spiro atoms. The maximum Gasteiger partial charge on any atom is 0.410 e. The zero-order valence-corrected chi connectivity index (χ0v) is 13.5. The number of hydrogen-bond donors (Lipinski definition) is 0. The van der Waals surface area contributed by atoms with Gasteiger partial charge < -0.3 is 14.5 Å². The van der Waals surface area contributed by atoms with Crippen molar-refractivity contribution in [1.82, 2.24) is 9.88 Å². The van der Waals surface area contributed by atoms with Crippen molar-refractivity contribution in [2.75, 3.05) is 24.5 Å². The topological polar surface area (TPSA) is 69.5 Å². The summed E-state index contributed by atoms with van der Waals surface area (Å²) in [6.07, 6.45) is 1.30. The average molecular weight is 302 g/mol. The van der Waals surface area contributed by atoms with E-state index in [0.29, 0.717) is 25.2 Å². The molecule has 2 rings (SSSR count). The molecule has 1 unspecified atom stereocenters. The van der Waals surface area contributed by atoms with Crippen LogP contribution in [-0.2, 0) is 4.74 Å². The number of amides is 1. The van der Waals surface area contributed by atoms with Crippen LogP contribution in [0.4, 0.5) is 10.6 Å². The van der Waals surface area contributed by atoms with Crippen molar-refractivity contribution in [3.8, 4) is 6.07 Å². The monoisotopic (exact) mass is 302 g/mol. The molecule has 118 valence electrons. The van der Waals surface area contributed by atoms with E-state index in [-0.39, 0.29) is 12.1 Å². The summed E-state index contributed by atoms with van der Waals surface area (Å²) < 4.78 is 5.44. The number of piperazine rings is 1. The zero-order chi connectivity index (χ0) is 16.3. The standard InChI is InChI=1S/C16H22N4O2/c1-12-11-19(14-6-5-13(9-17)10-18-14)7-8-20(12)15(21)22-16(2,3)4/h5-6,10,12H,7-8,11H2,1-4H3. The lowest BCUT2D eigenvalue weighted by Crippen LogP contribution is -2.55. The first-order chi connectivity index (χ1) is 10.3. The molecule has 1 amide bonds. The molecule has 1 aliphatic rings. The highest BCUT2D eigenvalue weighted by Gasteiger charge is 2.31. The second-order valence-corrected chi connectivity index (χ2v) is 6.49. The molecule has 22 heavy (non-hydrogen) atoms. The predicted molar refractivity (Wildman–Crippen MR) is 83.6 cm³/mol. The highest BCUT2D eigenvalue weighted by Crippen LogP contribution is 2.19. The van der Waals surface area contributed by atoms with Gasteiger partial charge in [0.25, 0.3) is 0 Å². The summed E-state index contributed by atoms with van der Waals surface area (Å²) >= 11 is 0. The van der Waals surface area contributed by atoms with E-state index in [1.807, 2.05) is 33.8 Å². The van der Waals surface area contributed by atoms with Crippen molar-refractivity contribution in [2.45, 2.75) is 39.3 Å². The lowest BCUT2D eigenvalue weighted by molar-refractivity contribution is 0.0158. The molecule has 0 aromatic carbocycles. The normalized spacial score (nSPS) is 18.8. The van der Waals surface area contributed by atoms with Gasteiger partial charge in [-0.25, -0.2) is 9.78 Å². The number of nitriles is 1. The fourth-order valence-corrected chi connectivity index (χ4v) is 2.40. The van der Waals surface area contributed by atoms with Crippen molar-refractivity contribution in [2.24, 2.45) is 0 Å². The number of aromatic nitrogens is 1. The van der Waals surface area contributed by atoms with Crippen LogP contribution in [0, 0.1) is 11.3 Å². The number of anilines is 1. The van der Waals surface area contributed by atoms with E-state index >= 15 is 0 Å². The minimum atomic E-state index is -0.484. The van der Waals surface area contributed by atoms with Gasteiger partial charge in [0.15, 0.2) is 0 Å². The Hall–Kier alpha value is -2.29. The molecule has 0 radical (unpaired) electrons. The highest BCUT2D eigenvalue weighted by atomic mass is 16.6. The van der Waals surface area contributed by atoms with Crippen LogP contribution in [0.25, 0.3) is 0 Å². The Morgan fingerprint density at radius 3 is 2.64 bits per heavy atom. The predicted octanol–water partition coefficient (Wildman–Crippen LogP) is 2.40. The van der Waals surface area contributed by atoms with Gasteiger partial charge in [-0.1, -0.05) is 0 Å². The van der Waals surface area contributed by atoms with E-state index in [0.717, 1.165) is 5.82 Å². The van der Waals surface area contributed by atoms with Crippen molar-refractivity contribution in [3.05, 3.63) is 23.9 Å². The number of ether oxygens (including phenoxy) is 1. The molecule has 1 aliphatic heterocycles. The molecule has 0 bridgehead atoms. The second kappa shape index (κ2) is 6.22. The van der Waals surface area contributed by atoms with E-state index in [1.54, 1.807) is 17.2 Å². The van der Waals surface area contributed by atoms with Crippen molar-refractivity contribution in [1.29, 1.82) is 5.26 Å². The molecular weight excluding hydrogens is 280 g/mol. The third-order valence-corrected chi connectivity index (χ3v) is 3.46. The lowest BCUT2D eigenvalue weighted by Gasteiger charge is -2.40. The molecule has 1 saturated heterocycles. The summed E-state index contributed by atoms with van der Waals surface area (Å²) in [5.74, 6) is 0.828. The summed E-state index contributed by atoms with van der Waals surface area (Å²) in [6, 6.07) is 5.70. The fourth-order valence-electron chi connectivity index (χ4n) is 2.40. The van der Waals surface area contributed by atoms with Gasteiger partial charge in [-0.05, 0) is 39.8 Å². The summed E-state index contributed by atoms with van der Waals surface area (Å²) in [6.45, 7) is 9.59. The van der Waals surface area contributed by atoms with E-state index < -0.39 is 5.60 Å². The number of nitrogens with zero attached hydrogens (tertiary/aromatic N) is 4. The van der Waals surface area contributed by atoms with Crippen LogP contribution in [0.3, 0.4) is 0 Å². The Bertz CT molecular complexity index is 571. The third-order valence-electron chi connectivity index (χ3n) is 3.46. The van der Waals surface area contributed by atoms with E-state index in [1.165, 1.54) is 0 Å². The SMILES string of the molecule is CC1CN(c2ccc(C#N)cn2)CCN1C(=O)OC(C)(C)C. The Balaban J connectivity index is 2.00. The van der Waals surface area contributed by atoms with Gasteiger partial charge in [0.2, 0.25) is 0 Å². The van der Waals surface area contributed by atoms with Crippen molar-refractivity contribution >= 4 is 11.9 Å². The summed E-state index contributed by atoms with van der Waals surface area (Å²) in [5.41, 5.74) is 0.0620. The van der Waals surface area contributed by atoms with Crippen molar-refractivity contribution in [3.63, 3.8) is 0 Å². The van der Waals surface area contributed by atoms with Crippen LogP contribution >= 0.6 is 0 Å². The maximum atomic E-state index is 12.2. The Morgan fingerprint density at radius 2 is 2.14 bits per heavy atom. The summed E-state index contributed by atoms with van der Waals surface area (Å²) in [7, 11) is 0. The molecule has 6 heteroatoms. The fraction of sp³-hybridized carbons (Fsp3) is 0.562.